The lowest BCUT2D eigenvalue weighted by molar-refractivity contribution is 0.00106. The molecule has 7 heteroatoms. The molecule has 2 heterocycles. The van der Waals surface area contributed by atoms with Crippen molar-refractivity contribution in [3.05, 3.63) is 35.9 Å². The molecule has 2 aliphatic heterocycles. The summed E-state index contributed by atoms with van der Waals surface area (Å²) in [7, 11) is 1.85. The first-order chi connectivity index (χ1) is 10.9. The molecule has 1 amide bonds. The zero-order valence-corrected chi connectivity index (χ0v) is 14.3. The van der Waals surface area contributed by atoms with E-state index in [2.05, 4.69) is 0 Å². The molecule has 0 spiro atoms. The van der Waals surface area contributed by atoms with E-state index < -0.39 is 9.05 Å². The molecule has 1 aromatic carbocycles. The lowest BCUT2D eigenvalue weighted by Gasteiger charge is -2.49. The van der Waals surface area contributed by atoms with Crippen molar-refractivity contribution in [2.45, 2.75) is 31.9 Å². The highest BCUT2D eigenvalue weighted by Crippen LogP contribution is 2.40. The zero-order valence-electron chi connectivity index (χ0n) is 12.7. The Morgan fingerprint density at radius 1 is 1.26 bits per heavy atom. The predicted octanol–water partition coefficient (Wildman–Crippen LogP) is 2.99. The molecule has 1 aliphatic carbocycles. The zero-order chi connectivity index (χ0) is 16.4. The topological polar surface area (TPSA) is 63.7 Å². The minimum absolute atomic E-state index is 0.0712. The molecular weight excluding hydrogens is 338 g/mol. The van der Waals surface area contributed by atoms with Crippen molar-refractivity contribution in [2.24, 2.45) is 11.8 Å². The molecule has 3 atom stereocenters. The third kappa shape index (κ3) is 4.18. The second-order valence-corrected chi connectivity index (χ2v) is 9.23. The Bertz CT molecular complexity index is 664. The molecule has 3 fully saturated rings. The van der Waals surface area contributed by atoms with Crippen molar-refractivity contribution in [2.75, 3.05) is 12.3 Å². The van der Waals surface area contributed by atoms with Gasteiger partial charge >= 0.3 is 6.09 Å². The van der Waals surface area contributed by atoms with Crippen LogP contribution in [0.25, 0.3) is 0 Å². The second kappa shape index (κ2) is 6.69. The van der Waals surface area contributed by atoms with E-state index in [9.17, 15) is 13.2 Å². The molecule has 23 heavy (non-hydrogen) atoms. The van der Waals surface area contributed by atoms with Gasteiger partial charge in [0.2, 0.25) is 9.05 Å². The summed E-state index contributed by atoms with van der Waals surface area (Å²) in [6.45, 7) is 0.878. The lowest BCUT2D eigenvalue weighted by Crippen LogP contribution is -2.56. The van der Waals surface area contributed by atoms with Crippen LogP contribution in [0.1, 0.15) is 24.8 Å². The number of nitrogens with zero attached hydrogens (tertiary/aromatic N) is 1. The highest BCUT2D eigenvalue weighted by Gasteiger charge is 2.44. The number of halogens is 1. The molecule has 4 rings (SSSR count). The Morgan fingerprint density at radius 2 is 2.00 bits per heavy atom. The van der Waals surface area contributed by atoms with E-state index in [-0.39, 0.29) is 30.4 Å². The Balaban J connectivity index is 1.63. The predicted molar refractivity (Wildman–Crippen MR) is 87.6 cm³/mol. The van der Waals surface area contributed by atoms with E-state index >= 15 is 0 Å². The Morgan fingerprint density at radius 3 is 2.65 bits per heavy atom. The molecule has 0 aromatic heterocycles. The van der Waals surface area contributed by atoms with Gasteiger partial charge in [-0.25, -0.2) is 13.2 Å². The van der Waals surface area contributed by atoms with E-state index in [0.29, 0.717) is 12.5 Å². The van der Waals surface area contributed by atoms with Crippen LogP contribution in [0.15, 0.2) is 30.3 Å². The van der Waals surface area contributed by atoms with Gasteiger partial charge in [-0.1, -0.05) is 30.3 Å². The molecule has 2 saturated heterocycles. The standard InChI is InChI=1S/C16H20ClNO4S/c17-23(20,21)11-14-8-13-6-7-15(14)18(9-13)16(19)22-10-12-4-2-1-3-5-12/h1-5,13-15H,6-11H2. The van der Waals surface area contributed by atoms with Crippen LogP contribution in [0.4, 0.5) is 4.79 Å². The van der Waals surface area contributed by atoms with Crippen molar-refractivity contribution in [1.29, 1.82) is 0 Å². The van der Waals surface area contributed by atoms with E-state index in [1.165, 1.54) is 0 Å². The Hall–Kier alpha value is -1.27. The van der Waals surface area contributed by atoms with E-state index in [0.717, 1.165) is 24.8 Å². The normalized spacial score (nSPS) is 27.0. The monoisotopic (exact) mass is 357 g/mol. The maximum absolute atomic E-state index is 12.4. The smallest absolute Gasteiger partial charge is 0.410 e. The van der Waals surface area contributed by atoms with Crippen LogP contribution in [0.5, 0.6) is 0 Å². The highest BCUT2D eigenvalue weighted by molar-refractivity contribution is 8.13. The summed E-state index contributed by atoms with van der Waals surface area (Å²) < 4.78 is 28.2. The number of hydrogen-bond acceptors (Lipinski definition) is 4. The van der Waals surface area contributed by atoms with Crippen LogP contribution >= 0.6 is 10.7 Å². The lowest BCUT2D eigenvalue weighted by atomic mass is 9.74. The molecule has 1 saturated carbocycles. The first kappa shape index (κ1) is 16.6. The second-order valence-electron chi connectivity index (χ2n) is 6.40. The third-order valence-electron chi connectivity index (χ3n) is 4.76. The van der Waals surface area contributed by atoms with Crippen LogP contribution in [-0.4, -0.2) is 37.8 Å². The summed E-state index contributed by atoms with van der Waals surface area (Å²) in [5.74, 6) is 0.181. The molecule has 5 nitrogen and oxygen atoms in total. The largest absolute Gasteiger partial charge is 0.445 e. The number of rotatable bonds is 4. The first-order valence-electron chi connectivity index (χ1n) is 7.82. The molecular formula is C16H20ClNO4S. The summed E-state index contributed by atoms with van der Waals surface area (Å²) in [5.41, 5.74) is 0.933. The quantitative estimate of drug-likeness (QED) is 0.777. The third-order valence-corrected chi connectivity index (χ3v) is 5.96. The number of piperidine rings is 2. The van der Waals surface area contributed by atoms with E-state index in [1.807, 2.05) is 30.3 Å². The molecule has 3 aliphatic rings. The fraction of sp³-hybridized carbons (Fsp3) is 0.562. The van der Waals surface area contributed by atoms with Crippen molar-refractivity contribution in [3.8, 4) is 0 Å². The fourth-order valence-electron chi connectivity index (χ4n) is 3.78. The first-order valence-corrected chi connectivity index (χ1v) is 10.3. The average molecular weight is 358 g/mol. The van der Waals surface area contributed by atoms with Gasteiger partial charge in [-0.15, -0.1) is 0 Å². The van der Waals surface area contributed by atoms with Gasteiger partial charge in [0.1, 0.15) is 6.61 Å². The summed E-state index contributed by atoms with van der Waals surface area (Å²) in [4.78, 5) is 14.1. The van der Waals surface area contributed by atoms with Gasteiger partial charge in [-0.2, -0.15) is 0 Å². The molecule has 126 valence electrons. The number of amides is 1. The van der Waals surface area contributed by atoms with Gasteiger partial charge in [0, 0.05) is 23.3 Å². The van der Waals surface area contributed by atoms with Crippen LogP contribution in [0.3, 0.4) is 0 Å². The minimum atomic E-state index is -3.56. The molecule has 0 radical (unpaired) electrons. The van der Waals surface area contributed by atoms with Gasteiger partial charge in [-0.3, -0.25) is 0 Å². The number of hydrogen-bond donors (Lipinski definition) is 0. The van der Waals surface area contributed by atoms with Crippen molar-refractivity contribution >= 4 is 25.8 Å². The van der Waals surface area contributed by atoms with Crippen LogP contribution in [0, 0.1) is 11.8 Å². The van der Waals surface area contributed by atoms with Gasteiger partial charge < -0.3 is 9.64 Å². The number of fused-ring (bicyclic) bond motifs is 3. The number of carbonyl (C=O) groups is 1. The number of benzene rings is 1. The maximum atomic E-state index is 12.4. The summed E-state index contributed by atoms with van der Waals surface area (Å²) in [6, 6.07) is 9.42. The SMILES string of the molecule is O=C(OCc1ccccc1)N1CC2CCC1C(CS(=O)(=O)Cl)C2. The van der Waals surface area contributed by atoms with Crippen molar-refractivity contribution in [3.63, 3.8) is 0 Å². The summed E-state index contributed by atoms with van der Waals surface area (Å²) in [5, 5.41) is 0. The summed E-state index contributed by atoms with van der Waals surface area (Å²) >= 11 is 0. The molecule has 1 aromatic rings. The fourth-order valence-corrected chi connectivity index (χ4v) is 5.14. The maximum Gasteiger partial charge on any atom is 0.410 e. The minimum Gasteiger partial charge on any atom is -0.445 e. The number of ether oxygens (including phenoxy) is 1. The van der Waals surface area contributed by atoms with E-state index in [1.54, 1.807) is 4.90 Å². The van der Waals surface area contributed by atoms with Crippen LogP contribution in [-0.2, 0) is 20.4 Å². The Labute approximate surface area is 141 Å². The summed E-state index contributed by atoms with van der Waals surface area (Å²) in [6.07, 6.45) is 2.31. The molecule has 0 N–H and O–H groups in total. The highest BCUT2D eigenvalue weighted by atomic mass is 35.7. The van der Waals surface area contributed by atoms with Gasteiger partial charge in [0.15, 0.2) is 0 Å². The van der Waals surface area contributed by atoms with Gasteiger partial charge in [-0.05, 0) is 36.7 Å². The van der Waals surface area contributed by atoms with Crippen LogP contribution < -0.4 is 0 Å². The van der Waals surface area contributed by atoms with E-state index in [4.69, 9.17) is 15.4 Å². The van der Waals surface area contributed by atoms with Crippen molar-refractivity contribution < 1.29 is 17.9 Å². The van der Waals surface area contributed by atoms with Gasteiger partial charge in [0.25, 0.3) is 0 Å². The van der Waals surface area contributed by atoms with Crippen LogP contribution in [0.2, 0.25) is 0 Å². The van der Waals surface area contributed by atoms with Gasteiger partial charge in [0.05, 0.1) is 5.75 Å². The number of carbonyl (C=O) groups excluding carboxylic acids is 1. The Kier molecular flexibility index (Phi) is 4.82. The molecule has 3 unspecified atom stereocenters. The average Bonchev–Trinajstić information content (AvgIpc) is 2.52. The molecule has 2 bridgehead atoms. The van der Waals surface area contributed by atoms with Crippen molar-refractivity contribution in [1.82, 2.24) is 4.90 Å².